The van der Waals surface area contributed by atoms with Crippen LogP contribution in [0.4, 0.5) is 17.5 Å². The summed E-state index contributed by atoms with van der Waals surface area (Å²) < 4.78 is 11.1. The number of methoxy groups -OCH3 is 2. The Labute approximate surface area is 260 Å². The summed E-state index contributed by atoms with van der Waals surface area (Å²) in [5.41, 5.74) is 12.5. The van der Waals surface area contributed by atoms with Crippen LogP contribution in [0.3, 0.4) is 0 Å². The Morgan fingerprint density at radius 2 is 1.57 bits per heavy atom. The Morgan fingerprint density at radius 3 is 2.18 bits per heavy atom. The number of halogens is 1. The number of carbonyl (C=O) groups excluding carboxylic acids is 1. The minimum absolute atomic E-state index is 0. The highest BCUT2D eigenvalue weighted by Gasteiger charge is 2.60. The van der Waals surface area contributed by atoms with E-state index in [1.165, 1.54) is 20.4 Å². The van der Waals surface area contributed by atoms with Gasteiger partial charge < -0.3 is 31.4 Å². The number of Topliss-reactive ketones (excluding diaryl/α,β-unsaturated/α-hetero) is 1. The summed E-state index contributed by atoms with van der Waals surface area (Å²) in [5.74, 6) is -1.05. The molecule has 1 aliphatic rings. The van der Waals surface area contributed by atoms with Crippen molar-refractivity contribution in [3.63, 3.8) is 0 Å². The third-order valence-electron chi connectivity index (χ3n) is 7.81. The van der Waals surface area contributed by atoms with Crippen molar-refractivity contribution in [3.8, 4) is 11.5 Å². The third-order valence-corrected chi connectivity index (χ3v) is 7.81. The molecule has 3 aromatic carbocycles. The first-order valence-electron chi connectivity index (χ1n) is 13.3. The first-order chi connectivity index (χ1) is 20.6. The number of carboxylic acid groups (broad SMARTS) is 1. The second-order valence-corrected chi connectivity index (χ2v) is 10.1. The molecule has 1 aromatic heterocycles. The van der Waals surface area contributed by atoms with E-state index in [1.54, 1.807) is 66.7 Å². The van der Waals surface area contributed by atoms with Crippen LogP contribution in [0.15, 0.2) is 86.1 Å². The molecule has 2 atom stereocenters. The molecule has 11 heteroatoms. The number of nitrogens with two attached hydrogens (primary N) is 2. The van der Waals surface area contributed by atoms with Crippen molar-refractivity contribution in [1.29, 1.82) is 0 Å². The Balaban J connectivity index is 0.00000442. The molecule has 6 N–H and O–H groups in total. The molecule has 10 nitrogen and oxygen atoms in total. The van der Waals surface area contributed by atoms with Gasteiger partial charge in [0.1, 0.15) is 17.3 Å². The van der Waals surface area contributed by atoms with Crippen LogP contribution < -0.4 is 26.3 Å². The summed E-state index contributed by atoms with van der Waals surface area (Å²) in [7, 11) is 2.98. The molecule has 0 amide bonds. The largest absolute Gasteiger partial charge is 0.496 e. The molecule has 0 aliphatic carbocycles. The van der Waals surface area contributed by atoms with Crippen molar-refractivity contribution < 1.29 is 24.2 Å². The molecule has 44 heavy (non-hydrogen) atoms. The molecule has 0 radical (unpaired) electrons. The maximum Gasteiger partial charge on any atom is 0.324 e. The zero-order valence-corrected chi connectivity index (χ0v) is 25.0. The van der Waals surface area contributed by atoms with Crippen LogP contribution >= 0.6 is 12.4 Å². The van der Waals surface area contributed by atoms with Crippen LogP contribution in [0.2, 0.25) is 0 Å². The molecular formula is C33H32ClN5O5. The van der Waals surface area contributed by atoms with Crippen LogP contribution in [0.25, 0.3) is 11.1 Å². The molecule has 4 aromatic rings. The molecule has 0 spiro atoms. The van der Waals surface area contributed by atoms with Crippen molar-refractivity contribution in [2.24, 2.45) is 5.41 Å². The average molecular weight is 614 g/mol. The lowest BCUT2D eigenvalue weighted by Crippen LogP contribution is -2.56. The number of carboxylic acids is 1. The van der Waals surface area contributed by atoms with Gasteiger partial charge in [-0.05, 0) is 34.9 Å². The lowest BCUT2D eigenvalue weighted by molar-refractivity contribution is -0.143. The summed E-state index contributed by atoms with van der Waals surface area (Å²) in [4.78, 5) is 36.7. The number of carbonyl (C=O) groups is 2. The second-order valence-electron chi connectivity index (χ2n) is 10.1. The summed E-state index contributed by atoms with van der Waals surface area (Å²) in [6.07, 6.45) is 1.64. The number of hydrogen-bond acceptors (Lipinski definition) is 9. The van der Waals surface area contributed by atoms with Crippen molar-refractivity contribution in [1.82, 2.24) is 9.97 Å². The first kappa shape index (κ1) is 31.6. The van der Waals surface area contributed by atoms with Gasteiger partial charge >= 0.3 is 5.97 Å². The number of rotatable bonds is 9. The van der Waals surface area contributed by atoms with Crippen LogP contribution in [0, 0.1) is 5.41 Å². The molecule has 0 bridgehead atoms. The molecular weight excluding hydrogens is 582 g/mol. The number of aromatic nitrogens is 2. The number of nitrogens with zero attached hydrogens (tertiary/aromatic N) is 2. The number of anilines is 3. The lowest BCUT2D eigenvalue weighted by Gasteiger charge is -2.44. The number of nitrogens with one attached hydrogen (secondary N) is 1. The van der Waals surface area contributed by atoms with E-state index in [0.29, 0.717) is 45.0 Å². The number of ketones is 1. The normalized spacial score (nSPS) is 17.0. The minimum Gasteiger partial charge on any atom is -0.496 e. The highest BCUT2D eigenvalue weighted by molar-refractivity contribution is 6.26. The molecule has 0 saturated heterocycles. The average Bonchev–Trinajstić information content (AvgIpc) is 3.01. The molecule has 2 heterocycles. The number of aliphatic carboxylic acids is 1. The van der Waals surface area contributed by atoms with E-state index in [4.69, 9.17) is 20.9 Å². The summed E-state index contributed by atoms with van der Waals surface area (Å²) in [6, 6.07) is 18.0. The summed E-state index contributed by atoms with van der Waals surface area (Å²) >= 11 is 0. The number of nitrogen functional groups attached to an aromatic ring is 2. The van der Waals surface area contributed by atoms with E-state index in [1.807, 2.05) is 0 Å². The quantitative estimate of drug-likeness (QED) is 0.186. The zero-order chi connectivity index (χ0) is 30.9. The van der Waals surface area contributed by atoms with Gasteiger partial charge in [-0.15, -0.1) is 12.4 Å². The second kappa shape index (κ2) is 12.5. The topological polar surface area (TPSA) is 163 Å². The van der Waals surface area contributed by atoms with Gasteiger partial charge in [0.2, 0.25) is 5.95 Å². The van der Waals surface area contributed by atoms with Gasteiger partial charge in [-0.2, -0.15) is 4.98 Å². The van der Waals surface area contributed by atoms with Gasteiger partial charge in [0.25, 0.3) is 0 Å². The molecule has 0 fully saturated rings. The Morgan fingerprint density at radius 1 is 0.955 bits per heavy atom. The monoisotopic (exact) mass is 613 g/mol. The Bertz CT molecular complexity index is 1790. The van der Waals surface area contributed by atoms with Crippen LogP contribution in [-0.2, 0) is 11.2 Å². The zero-order valence-electron chi connectivity index (χ0n) is 24.2. The predicted molar refractivity (Wildman–Crippen MR) is 173 cm³/mol. The van der Waals surface area contributed by atoms with E-state index >= 15 is 0 Å². The van der Waals surface area contributed by atoms with Crippen molar-refractivity contribution in [3.05, 3.63) is 114 Å². The van der Waals surface area contributed by atoms with Crippen LogP contribution in [-0.4, -0.2) is 47.1 Å². The minimum atomic E-state index is -2.25. The standard InChI is InChI=1S/C33H31N5O5.ClH/c1-18(22-11-5-7-14-25(22)42-3)28-33(31(40)41,19(2)23-12-6-8-15-26(23)43-4)29(39)27-20(10-9-13-24(27)37-28)16-21-17-36-32(35)38-30(21)34;/h5-15,17,28,37H,1-2,16H2,3-4H3,(H,40,41)(H4,34,35,36,38);1H. The van der Waals surface area contributed by atoms with Crippen LogP contribution in [0.1, 0.15) is 32.6 Å². The molecule has 226 valence electrons. The van der Waals surface area contributed by atoms with Gasteiger partial charge in [0.05, 0.1) is 20.3 Å². The smallest absolute Gasteiger partial charge is 0.324 e. The van der Waals surface area contributed by atoms with Crippen molar-refractivity contribution in [2.75, 3.05) is 31.0 Å². The number of para-hydroxylation sites is 2. The summed E-state index contributed by atoms with van der Waals surface area (Å²) in [6.45, 7) is 8.53. The van der Waals surface area contributed by atoms with Crippen molar-refractivity contribution in [2.45, 2.75) is 12.5 Å². The van der Waals surface area contributed by atoms with Gasteiger partial charge in [-0.25, -0.2) is 4.98 Å². The van der Waals surface area contributed by atoms with Gasteiger partial charge in [-0.1, -0.05) is 61.7 Å². The van der Waals surface area contributed by atoms with E-state index in [0.717, 1.165) is 0 Å². The van der Waals surface area contributed by atoms with E-state index in [2.05, 4.69) is 28.4 Å². The number of hydrogen-bond donors (Lipinski definition) is 4. The highest BCUT2D eigenvalue weighted by Crippen LogP contribution is 2.52. The number of fused-ring (bicyclic) bond motifs is 1. The van der Waals surface area contributed by atoms with E-state index in [-0.39, 0.29) is 41.7 Å². The maximum absolute atomic E-state index is 15.0. The third kappa shape index (κ3) is 5.09. The lowest BCUT2D eigenvalue weighted by atomic mass is 9.62. The molecule has 2 unspecified atom stereocenters. The van der Waals surface area contributed by atoms with Gasteiger partial charge in [-0.3, -0.25) is 9.59 Å². The highest BCUT2D eigenvalue weighted by atomic mass is 35.5. The van der Waals surface area contributed by atoms with Gasteiger partial charge in [0, 0.05) is 40.6 Å². The van der Waals surface area contributed by atoms with Crippen LogP contribution in [0.5, 0.6) is 11.5 Å². The number of ether oxygens (including phenoxy) is 2. The predicted octanol–water partition coefficient (Wildman–Crippen LogP) is 5.15. The SMILES string of the molecule is C=C(c1ccccc1OC)C1Nc2cccc(Cc3cnc(N)nc3N)c2C(=O)C1(C(=C)c1ccccc1OC)C(=O)O.Cl. The van der Waals surface area contributed by atoms with Gasteiger partial charge in [0.15, 0.2) is 11.2 Å². The molecule has 0 saturated carbocycles. The summed E-state index contributed by atoms with van der Waals surface area (Å²) in [5, 5.41) is 14.5. The number of benzene rings is 3. The Hall–Kier alpha value is -5.35. The van der Waals surface area contributed by atoms with E-state index < -0.39 is 23.2 Å². The van der Waals surface area contributed by atoms with Crippen molar-refractivity contribution >= 4 is 52.8 Å². The van der Waals surface area contributed by atoms with E-state index in [9.17, 15) is 14.7 Å². The molecule has 5 rings (SSSR count). The molecule has 1 aliphatic heterocycles. The first-order valence-corrected chi connectivity index (χ1v) is 13.3. The Kier molecular flexibility index (Phi) is 8.96. The fraction of sp³-hybridized carbons (Fsp3) is 0.152. The maximum atomic E-state index is 15.0. The fourth-order valence-electron chi connectivity index (χ4n) is 5.68. The fourth-order valence-corrected chi connectivity index (χ4v) is 5.68.